The molecule has 0 unspecified atom stereocenters. The minimum absolute atomic E-state index is 0. The summed E-state index contributed by atoms with van der Waals surface area (Å²) < 4.78 is 0. The summed E-state index contributed by atoms with van der Waals surface area (Å²) in [5.74, 6) is 1.05. The first-order chi connectivity index (χ1) is 12.1. The van der Waals surface area contributed by atoms with Crippen LogP contribution in [0.25, 0.3) is 10.8 Å². The van der Waals surface area contributed by atoms with Crippen molar-refractivity contribution < 1.29 is 10.2 Å². The minimum Gasteiger partial charge on any atom is -0.507 e. The van der Waals surface area contributed by atoms with Crippen molar-refractivity contribution in [1.29, 1.82) is 0 Å². The van der Waals surface area contributed by atoms with Crippen molar-refractivity contribution in [2.75, 3.05) is 0 Å². The normalized spacial score (nSPS) is 8.41. The number of phenols is 2. The smallest absolute Gasteiger partial charge is 0.123 e. The van der Waals surface area contributed by atoms with Crippen molar-refractivity contribution in [3.05, 3.63) is 72.3 Å². The third-order valence-electron chi connectivity index (χ3n) is 3.34. The number of phenolic OH excluding ortho intramolecular Hbond substituents is 2. The summed E-state index contributed by atoms with van der Waals surface area (Å²) in [5, 5.41) is 20.1. The first-order valence-corrected chi connectivity index (χ1v) is 9.04. The van der Waals surface area contributed by atoms with Gasteiger partial charge in [-0.05, 0) is 23.6 Å². The average molecular weight is 373 g/mol. The summed E-state index contributed by atoms with van der Waals surface area (Å²) in [7, 11) is 0. The molecule has 2 N–H and O–H groups in total. The lowest BCUT2D eigenvalue weighted by molar-refractivity contribution is 0.475. The molecule has 0 spiro atoms. The van der Waals surface area contributed by atoms with E-state index in [1.54, 1.807) is 36.4 Å². The Hall–Kier alpha value is -2.48. The molecule has 0 fully saturated rings. The zero-order chi connectivity index (χ0) is 19.2. The summed E-state index contributed by atoms with van der Waals surface area (Å²) in [6.07, 6.45) is 0. The molecule has 152 valence electrons. The van der Waals surface area contributed by atoms with Gasteiger partial charge < -0.3 is 10.2 Å². The van der Waals surface area contributed by atoms with Gasteiger partial charge in [0.1, 0.15) is 11.5 Å². The van der Waals surface area contributed by atoms with Crippen LogP contribution in [0.2, 0.25) is 0 Å². The Morgan fingerprint density at radius 2 is 0.926 bits per heavy atom. The first kappa shape index (κ1) is 29.3. The van der Waals surface area contributed by atoms with Crippen LogP contribution in [0.1, 0.15) is 67.9 Å². The van der Waals surface area contributed by atoms with E-state index in [4.69, 9.17) is 0 Å². The third-order valence-corrected chi connectivity index (χ3v) is 3.34. The van der Waals surface area contributed by atoms with Gasteiger partial charge in [-0.25, -0.2) is 0 Å². The lowest BCUT2D eigenvalue weighted by Gasteiger charge is -2.01. The van der Waals surface area contributed by atoms with E-state index in [9.17, 15) is 10.2 Å². The van der Waals surface area contributed by atoms with E-state index in [-0.39, 0.29) is 26.4 Å². The highest BCUT2D eigenvalue weighted by molar-refractivity contribution is 5.92. The highest BCUT2D eigenvalue weighted by atomic mass is 16.3. The fraction of sp³-hybridized carbons (Fsp3) is 0.360. The van der Waals surface area contributed by atoms with Crippen LogP contribution in [-0.2, 0) is 0 Å². The van der Waals surface area contributed by atoms with Gasteiger partial charge in [-0.15, -0.1) is 0 Å². The van der Waals surface area contributed by atoms with E-state index in [2.05, 4.69) is 38.1 Å². The molecule has 2 heteroatoms. The van der Waals surface area contributed by atoms with Crippen molar-refractivity contribution >= 4 is 10.8 Å². The molecule has 0 saturated carbocycles. The SMILES string of the molecule is C.C.CC.CC.CC(C)c1ccccc1.Oc1cccc2c(O)cccc12. The fourth-order valence-corrected chi connectivity index (χ4v) is 2.11. The Kier molecular flexibility index (Phi) is 18.4. The van der Waals surface area contributed by atoms with E-state index in [1.807, 2.05) is 33.8 Å². The van der Waals surface area contributed by atoms with Gasteiger partial charge in [0.05, 0.1) is 0 Å². The zero-order valence-corrected chi connectivity index (χ0v) is 16.3. The van der Waals surface area contributed by atoms with Crippen molar-refractivity contribution in [3.63, 3.8) is 0 Å². The lowest BCUT2D eigenvalue weighted by Crippen LogP contribution is -1.83. The van der Waals surface area contributed by atoms with E-state index in [0.717, 1.165) is 0 Å². The molecule has 0 bridgehead atoms. The van der Waals surface area contributed by atoms with E-state index in [0.29, 0.717) is 16.7 Å². The van der Waals surface area contributed by atoms with Crippen LogP contribution in [0, 0.1) is 0 Å². The average Bonchev–Trinajstić information content (AvgIpc) is 2.67. The monoisotopic (exact) mass is 372 g/mol. The molecule has 27 heavy (non-hydrogen) atoms. The molecular weight excluding hydrogens is 332 g/mol. The Balaban J connectivity index is -0.000000347. The van der Waals surface area contributed by atoms with Gasteiger partial charge in [-0.1, -0.05) is 111 Å². The Labute approximate surface area is 167 Å². The zero-order valence-electron chi connectivity index (χ0n) is 16.3. The molecule has 0 heterocycles. The standard InChI is InChI=1S/C10H8O2.C9H12.2C2H6.2CH4/c11-9-5-1-3-7-8(9)4-2-6-10(7)12;1-8(2)9-6-4-3-5-7-9;2*1-2;;/h1-6,11-12H;3-8H,1-2H3;2*1-2H3;2*1H4. The number of hydrogen-bond donors (Lipinski definition) is 2. The topological polar surface area (TPSA) is 40.5 Å². The van der Waals surface area contributed by atoms with E-state index in [1.165, 1.54) is 5.56 Å². The number of benzene rings is 3. The van der Waals surface area contributed by atoms with Gasteiger partial charge in [0.25, 0.3) is 0 Å². The fourth-order valence-electron chi connectivity index (χ4n) is 2.11. The third kappa shape index (κ3) is 9.69. The van der Waals surface area contributed by atoms with Gasteiger partial charge >= 0.3 is 0 Å². The van der Waals surface area contributed by atoms with Gasteiger partial charge in [0.2, 0.25) is 0 Å². The summed E-state index contributed by atoms with van der Waals surface area (Å²) in [5.41, 5.74) is 1.41. The minimum atomic E-state index is 0. The molecule has 0 atom stereocenters. The predicted molar refractivity (Wildman–Crippen MR) is 124 cm³/mol. The second-order valence-electron chi connectivity index (χ2n) is 5.21. The second kappa shape index (κ2) is 17.0. The van der Waals surface area contributed by atoms with Gasteiger partial charge in [0.15, 0.2) is 0 Å². The number of rotatable bonds is 1. The molecule has 0 amide bonds. The highest BCUT2D eigenvalue weighted by Crippen LogP contribution is 2.29. The molecule has 0 aliphatic carbocycles. The largest absolute Gasteiger partial charge is 0.507 e. The maximum atomic E-state index is 9.38. The van der Waals surface area contributed by atoms with Gasteiger partial charge in [-0.3, -0.25) is 0 Å². The molecule has 3 aromatic carbocycles. The maximum absolute atomic E-state index is 9.38. The molecule has 0 saturated heterocycles. The lowest BCUT2D eigenvalue weighted by atomic mass is 10.0. The summed E-state index contributed by atoms with van der Waals surface area (Å²) >= 11 is 0. The van der Waals surface area contributed by atoms with Crippen LogP contribution < -0.4 is 0 Å². The van der Waals surface area contributed by atoms with Crippen LogP contribution in [0.5, 0.6) is 11.5 Å². The second-order valence-corrected chi connectivity index (χ2v) is 5.21. The van der Waals surface area contributed by atoms with E-state index >= 15 is 0 Å². The number of fused-ring (bicyclic) bond motifs is 1. The van der Waals surface area contributed by atoms with Crippen LogP contribution in [0.15, 0.2) is 66.7 Å². The van der Waals surface area contributed by atoms with Crippen LogP contribution >= 0.6 is 0 Å². The summed E-state index contributed by atoms with van der Waals surface area (Å²) in [6.45, 7) is 12.4. The van der Waals surface area contributed by atoms with Crippen molar-refractivity contribution in [3.8, 4) is 11.5 Å². The molecule has 3 rings (SSSR count). The molecule has 0 aliphatic heterocycles. The molecule has 0 aromatic heterocycles. The van der Waals surface area contributed by atoms with Crippen LogP contribution in [0.4, 0.5) is 0 Å². The molecule has 0 aliphatic rings. The Bertz CT molecular complexity index is 663. The van der Waals surface area contributed by atoms with Crippen LogP contribution in [-0.4, -0.2) is 10.2 Å². The maximum Gasteiger partial charge on any atom is 0.123 e. The number of aromatic hydroxyl groups is 2. The first-order valence-electron chi connectivity index (χ1n) is 9.04. The molecule has 2 nitrogen and oxygen atoms in total. The van der Waals surface area contributed by atoms with Crippen molar-refractivity contribution in [1.82, 2.24) is 0 Å². The van der Waals surface area contributed by atoms with Gasteiger partial charge in [0, 0.05) is 10.8 Å². The van der Waals surface area contributed by atoms with Crippen LogP contribution in [0.3, 0.4) is 0 Å². The van der Waals surface area contributed by atoms with Crippen molar-refractivity contribution in [2.24, 2.45) is 0 Å². The quantitative estimate of drug-likeness (QED) is 0.450. The summed E-state index contributed by atoms with van der Waals surface area (Å²) in [4.78, 5) is 0. The molecule has 0 radical (unpaired) electrons. The molecule has 3 aromatic rings. The van der Waals surface area contributed by atoms with E-state index < -0.39 is 0 Å². The Morgan fingerprint density at radius 1 is 0.556 bits per heavy atom. The predicted octanol–water partition coefficient (Wildman–Crippen LogP) is 8.39. The van der Waals surface area contributed by atoms with Gasteiger partial charge in [-0.2, -0.15) is 0 Å². The molecular formula is C25H40O2. The highest BCUT2D eigenvalue weighted by Gasteiger charge is 2.00. The number of hydrogen-bond acceptors (Lipinski definition) is 2. The van der Waals surface area contributed by atoms with Crippen molar-refractivity contribution in [2.45, 2.75) is 62.3 Å². The Morgan fingerprint density at radius 3 is 1.22 bits per heavy atom. The summed E-state index contributed by atoms with van der Waals surface area (Å²) in [6, 6.07) is 20.7.